The first-order valence-corrected chi connectivity index (χ1v) is 4.98. The van der Waals surface area contributed by atoms with Gasteiger partial charge in [0.2, 0.25) is 0 Å². The Kier molecular flexibility index (Phi) is 3.00. The number of H-pyrrole nitrogens is 1. The predicted octanol–water partition coefficient (Wildman–Crippen LogP) is 0.714. The highest BCUT2D eigenvalue weighted by Gasteiger charge is 2.12. The molecule has 1 saturated heterocycles. The van der Waals surface area contributed by atoms with Gasteiger partial charge in [-0.15, -0.1) is 0 Å². The Balaban J connectivity index is 1.63. The normalized spacial score (nSPS) is 22.3. The third-order valence-corrected chi connectivity index (χ3v) is 2.59. The zero-order valence-corrected chi connectivity index (χ0v) is 7.84. The molecular weight excluding hydrogens is 162 g/mol. The van der Waals surface area contributed by atoms with Crippen molar-refractivity contribution in [3.63, 3.8) is 0 Å². The molecule has 3 nitrogen and oxygen atoms in total. The fourth-order valence-corrected chi connectivity index (χ4v) is 1.78. The second-order valence-corrected chi connectivity index (χ2v) is 3.71. The topological polar surface area (TPSA) is 39.8 Å². The Labute approximate surface area is 78.9 Å². The monoisotopic (exact) mass is 179 g/mol. The van der Waals surface area contributed by atoms with Crippen LogP contribution in [0.3, 0.4) is 0 Å². The largest absolute Gasteiger partial charge is 0.367 e. The first-order chi connectivity index (χ1) is 6.45. The van der Waals surface area contributed by atoms with Crippen molar-refractivity contribution in [2.75, 3.05) is 19.6 Å². The Hall–Kier alpha value is -0.800. The Bertz CT molecular complexity index is 224. The van der Waals surface area contributed by atoms with Gasteiger partial charge in [-0.05, 0) is 43.6 Å². The SMILES string of the molecule is c1cc(CNCC2CCNC2)c[nH]1. The van der Waals surface area contributed by atoms with Crippen molar-refractivity contribution in [2.45, 2.75) is 13.0 Å². The summed E-state index contributed by atoms with van der Waals surface area (Å²) in [4.78, 5) is 3.06. The van der Waals surface area contributed by atoms with E-state index in [0.717, 1.165) is 19.0 Å². The maximum absolute atomic E-state index is 3.47. The minimum atomic E-state index is 0.832. The van der Waals surface area contributed by atoms with Gasteiger partial charge in [0.05, 0.1) is 0 Å². The molecule has 13 heavy (non-hydrogen) atoms. The van der Waals surface area contributed by atoms with Crippen molar-refractivity contribution in [1.82, 2.24) is 15.6 Å². The Morgan fingerprint density at radius 3 is 3.23 bits per heavy atom. The molecular formula is C10H17N3. The van der Waals surface area contributed by atoms with E-state index in [1.54, 1.807) is 0 Å². The van der Waals surface area contributed by atoms with E-state index < -0.39 is 0 Å². The molecule has 0 aromatic carbocycles. The molecule has 1 aliphatic rings. The molecule has 1 aromatic rings. The zero-order chi connectivity index (χ0) is 8.93. The number of nitrogens with one attached hydrogen (secondary N) is 3. The molecule has 0 spiro atoms. The number of aromatic nitrogens is 1. The van der Waals surface area contributed by atoms with Crippen molar-refractivity contribution in [2.24, 2.45) is 5.92 Å². The van der Waals surface area contributed by atoms with Crippen LogP contribution in [0.1, 0.15) is 12.0 Å². The highest BCUT2D eigenvalue weighted by atomic mass is 14.9. The number of hydrogen-bond acceptors (Lipinski definition) is 2. The summed E-state index contributed by atoms with van der Waals surface area (Å²) in [5, 5.41) is 6.84. The second-order valence-electron chi connectivity index (χ2n) is 3.71. The number of aromatic amines is 1. The summed E-state index contributed by atoms with van der Waals surface area (Å²) >= 11 is 0. The lowest BCUT2D eigenvalue weighted by molar-refractivity contribution is 0.513. The van der Waals surface area contributed by atoms with Crippen LogP contribution in [0, 0.1) is 5.92 Å². The fraction of sp³-hybridized carbons (Fsp3) is 0.600. The lowest BCUT2D eigenvalue weighted by Crippen LogP contribution is -2.23. The van der Waals surface area contributed by atoms with Gasteiger partial charge in [0.1, 0.15) is 0 Å². The van der Waals surface area contributed by atoms with E-state index in [1.807, 2.05) is 12.4 Å². The maximum atomic E-state index is 3.47. The van der Waals surface area contributed by atoms with Gasteiger partial charge in [0, 0.05) is 18.9 Å². The summed E-state index contributed by atoms with van der Waals surface area (Å²) in [5.41, 5.74) is 1.34. The molecule has 1 fully saturated rings. The lowest BCUT2D eigenvalue weighted by atomic mass is 10.1. The van der Waals surface area contributed by atoms with Crippen LogP contribution in [0.4, 0.5) is 0 Å². The van der Waals surface area contributed by atoms with Crippen LogP contribution in [0.2, 0.25) is 0 Å². The Morgan fingerprint density at radius 2 is 2.54 bits per heavy atom. The molecule has 3 heteroatoms. The quantitative estimate of drug-likeness (QED) is 0.637. The van der Waals surface area contributed by atoms with Gasteiger partial charge in [-0.25, -0.2) is 0 Å². The van der Waals surface area contributed by atoms with E-state index in [1.165, 1.54) is 25.1 Å². The van der Waals surface area contributed by atoms with Crippen LogP contribution < -0.4 is 10.6 Å². The summed E-state index contributed by atoms with van der Waals surface area (Å²) in [5.74, 6) is 0.832. The van der Waals surface area contributed by atoms with Crippen LogP contribution in [-0.4, -0.2) is 24.6 Å². The summed E-state index contributed by atoms with van der Waals surface area (Å²) in [6.07, 6.45) is 5.33. The van der Waals surface area contributed by atoms with Crippen molar-refractivity contribution in [3.05, 3.63) is 24.0 Å². The predicted molar refractivity (Wildman–Crippen MR) is 53.5 cm³/mol. The van der Waals surface area contributed by atoms with Crippen molar-refractivity contribution < 1.29 is 0 Å². The van der Waals surface area contributed by atoms with E-state index in [2.05, 4.69) is 21.7 Å². The van der Waals surface area contributed by atoms with Gasteiger partial charge in [-0.1, -0.05) is 0 Å². The Morgan fingerprint density at radius 1 is 1.54 bits per heavy atom. The van der Waals surface area contributed by atoms with E-state index in [-0.39, 0.29) is 0 Å². The van der Waals surface area contributed by atoms with Gasteiger partial charge in [-0.2, -0.15) is 0 Å². The van der Waals surface area contributed by atoms with Crippen LogP contribution in [0.5, 0.6) is 0 Å². The van der Waals surface area contributed by atoms with Crippen LogP contribution >= 0.6 is 0 Å². The van der Waals surface area contributed by atoms with Crippen LogP contribution in [-0.2, 0) is 6.54 Å². The van der Waals surface area contributed by atoms with E-state index in [9.17, 15) is 0 Å². The van der Waals surface area contributed by atoms with Gasteiger partial charge in [-0.3, -0.25) is 0 Å². The molecule has 1 atom stereocenters. The van der Waals surface area contributed by atoms with Gasteiger partial charge in [0.15, 0.2) is 0 Å². The highest BCUT2D eigenvalue weighted by molar-refractivity contribution is 5.07. The molecule has 1 aromatic heterocycles. The molecule has 72 valence electrons. The molecule has 0 bridgehead atoms. The second kappa shape index (κ2) is 4.44. The molecule has 2 rings (SSSR count). The minimum Gasteiger partial charge on any atom is -0.367 e. The van der Waals surface area contributed by atoms with Crippen LogP contribution in [0.15, 0.2) is 18.5 Å². The smallest absolute Gasteiger partial charge is 0.0220 e. The zero-order valence-electron chi connectivity index (χ0n) is 7.84. The molecule has 0 aliphatic carbocycles. The number of hydrogen-bond donors (Lipinski definition) is 3. The van der Waals surface area contributed by atoms with E-state index in [4.69, 9.17) is 0 Å². The van der Waals surface area contributed by atoms with E-state index >= 15 is 0 Å². The average Bonchev–Trinajstić information content (AvgIpc) is 2.75. The third kappa shape index (κ3) is 2.57. The van der Waals surface area contributed by atoms with Gasteiger partial charge in [0.25, 0.3) is 0 Å². The summed E-state index contributed by atoms with van der Waals surface area (Å²) in [6, 6.07) is 2.11. The molecule has 3 N–H and O–H groups in total. The molecule has 0 radical (unpaired) electrons. The fourth-order valence-electron chi connectivity index (χ4n) is 1.78. The number of rotatable bonds is 4. The highest BCUT2D eigenvalue weighted by Crippen LogP contribution is 2.05. The minimum absolute atomic E-state index is 0.832. The first-order valence-electron chi connectivity index (χ1n) is 4.98. The molecule has 0 saturated carbocycles. The average molecular weight is 179 g/mol. The maximum Gasteiger partial charge on any atom is 0.0220 e. The van der Waals surface area contributed by atoms with Crippen molar-refractivity contribution >= 4 is 0 Å². The van der Waals surface area contributed by atoms with Crippen molar-refractivity contribution in [3.8, 4) is 0 Å². The summed E-state index contributed by atoms with van der Waals surface area (Å²) in [7, 11) is 0. The van der Waals surface area contributed by atoms with Gasteiger partial charge < -0.3 is 15.6 Å². The van der Waals surface area contributed by atoms with Crippen LogP contribution in [0.25, 0.3) is 0 Å². The summed E-state index contributed by atoms with van der Waals surface area (Å²) < 4.78 is 0. The molecule has 1 unspecified atom stereocenters. The lowest BCUT2D eigenvalue weighted by Gasteiger charge is -2.08. The molecule has 0 amide bonds. The van der Waals surface area contributed by atoms with Crippen molar-refractivity contribution in [1.29, 1.82) is 0 Å². The third-order valence-electron chi connectivity index (χ3n) is 2.59. The summed E-state index contributed by atoms with van der Waals surface area (Å²) in [6.45, 7) is 4.49. The van der Waals surface area contributed by atoms with E-state index in [0.29, 0.717) is 0 Å². The molecule has 2 heterocycles. The van der Waals surface area contributed by atoms with Gasteiger partial charge >= 0.3 is 0 Å². The first kappa shape index (κ1) is 8.78. The standard InChI is InChI=1S/C10H17N3/c1-3-11-5-9(1)7-13-8-10-2-4-12-6-10/h1,3,5,10-13H,2,4,6-8H2. The molecule has 1 aliphatic heterocycles.